The molecule has 0 fully saturated rings. The lowest BCUT2D eigenvalue weighted by Gasteiger charge is -2.13. The molecule has 96 valence electrons. The Morgan fingerprint density at radius 2 is 2.22 bits per heavy atom. The van der Waals surface area contributed by atoms with Crippen molar-refractivity contribution in [2.45, 2.75) is 12.5 Å². The van der Waals surface area contributed by atoms with Crippen LogP contribution >= 0.6 is 0 Å². The number of aromatic nitrogens is 2. The average Bonchev–Trinajstić information content (AvgIpc) is 2.78. The van der Waals surface area contributed by atoms with Crippen molar-refractivity contribution in [1.82, 2.24) is 9.78 Å². The van der Waals surface area contributed by atoms with Gasteiger partial charge < -0.3 is 10.5 Å². The van der Waals surface area contributed by atoms with E-state index in [1.165, 1.54) is 7.11 Å². The van der Waals surface area contributed by atoms with Crippen molar-refractivity contribution >= 4 is 0 Å². The molecule has 0 saturated heterocycles. The normalized spacial score (nSPS) is 12.4. The maximum atomic E-state index is 14.0. The molecule has 2 N–H and O–H groups in total. The van der Waals surface area contributed by atoms with E-state index in [4.69, 9.17) is 10.5 Å². The Morgan fingerprint density at radius 1 is 1.44 bits per heavy atom. The molecule has 4 nitrogen and oxygen atoms in total. The minimum absolute atomic E-state index is 0.240. The average molecular weight is 249 g/mol. The van der Waals surface area contributed by atoms with Crippen LogP contribution in [-0.2, 0) is 13.5 Å². The summed E-state index contributed by atoms with van der Waals surface area (Å²) in [5.41, 5.74) is 7.48. The van der Waals surface area contributed by atoms with Gasteiger partial charge >= 0.3 is 0 Å². The van der Waals surface area contributed by atoms with E-state index in [2.05, 4.69) is 5.10 Å². The van der Waals surface area contributed by atoms with E-state index in [0.29, 0.717) is 12.0 Å². The van der Waals surface area contributed by atoms with Crippen molar-refractivity contribution in [2.24, 2.45) is 12.8 Å². The predicted molar refractivity (Wildman–Crippen MR) is 66.8 cm³/mol. The molecule has 2 rings (SSSR count). The van der Waals surface area contributed by atoms with Gasteiger partial charge in [-0.3, -0.25) is 4.68 Å². The standard InChI is InChI=1S/C13H16FN3O/c1-17-11(6-7-16-17)10(15)8-9-4-3-5-12(18-2)13(9)14/h3-7,10H,8,15H2,1-2H3. The first-order valence-corrected chi connectivity index (χ1v) is 5.68. The summed E-state index contributed by atoms with van der Waals surface area (Å²) in [6.45, 7) is 0. The largest absolute Gasteiger partial charge is 0.494 e. The second-order valence-corrected chi connectivity index (χ2v) is 4.12. The van der Waals surface area contributed by atoms with Crippen LogP contribution in [0.1, 0.15) is 17.3 Å². The fourth-order valence-electron chi connectivity index (χ4n) is 1.96. The molecular weight excluding hydrogens is 233 g/mol. The molecule has 0 bridgehead atoms. The molecule has 0 aliphatic rings. The Balaban J connectivity index is 2.22. The number of nitrogens with zero attached hydrogens (tertiary/aromatic N) is 2. The third kappa shape index (κ3) is 2.36. The third-order valence-electron chi connectivity index (χ3n) is 2.94. The van der Waals surface area contributed by atoms with E-state index in [1.54, 1.807) is 29.1 Å². The van der Waals surface area contributed by atoms with Gasteiger partial charge in [-0.25, -0.2) is 4.39 Å². The number of methoxy groups -OCH3 is 1. The lowest BCUT2D eigenvalue weighted by Crippen LogP contribution is -2.17. The number of rotatable bonds is 4. The summed E-state index contributed by atoms with van der Waals surface area (Å²) in [6.07, 6.45) is 2.08. The smallest absolute Gasteiger partial charge is 0.168 e. The molecule has 0 aliphatic heterocycles. The molecule has 18 heavy (non-hydrogen) atoms. The summed E-state index contributed by atoms with van der Waals surface area (Å²) in [6, 6.07) is 6.61. The van der Waals surface area contributed by atoms with Crippen LogP contribution in [-0.4, -0.2) is 16.9 Å². The quantitative estimate of drug-likeness (QED) is 0.899. The highest BCUT2D eigenvalue weighted by atomic mass is 19.1. The molecule has 0 spiro atoms. The summed E-state index contributed by atoms with van der Waals surface area (Å²) in [4.78, 5) is 0. The number of benzene rings is 1. The zero-order valence-corrected chi connectivity index (χ0v) is 10.4. The van der Waals surface area contributed by atoms with Gasteiger partial charge in [-0.15, -0.1) is 0 Å². The number of halogens is 1. The number of hydrogen-bond donors (Lipinski definition) is 1. The van der Waals surface area contributed by atoms with Crippen molar-refractivity contribution in [3.63, 3.8) is 0 Å². The molecular formula is C13H16FN3O. The highest BCUT2D eigenvalue weighted by molar-refractivity contribution is 5.32. The molecule has 0 radical (unpaired) electrons. The van der Waals surface area contributed by atoms with Crippen LogP contribution < -0.4 is 10.5 Å². The molecule has 2 aromatic rings. The third-order valence-corrected chi connectivity index (χ3v) is 2.94. The van der Waals surface area contributed by atoms with Gasteiger partial charge in [0.15, 0.2) is 11.6 Å². The molecule has 5 heteroatoms. The summed E-state index contributed by atoms with van der Waals surface area (Å²) in [7, 11) is 3.26. The number of hydrogen-bond acceptors (Lipinski definition) is 3. The van der Waals surface area contributed by atoms with Crippen LogP contribution in [0.5, 0.6) is 5.75 Å². The second kappa shape index (κ2) is 5.18. The maximum absolute atomic E-state index is 14.0. The van der Waals surface area contributed by atoms with Crippen LogP contribution in [0.4, 0.5) is 4.39 Å². The van der Waals surface area contributed by atoms with Crippen molar-refractivity contribution in [2.75, 3.05) is 7.11 Å². The molecule has 1 aromatic heterocycles. The van der Waals surface area contributed by atoms with Gasteiger partial charge in [-0.1, -0.05) is 12.1 Å². The van der Waals surface area contributed by atoms with Crippen molar-refractivity contribution in [3.8, 4) is 5.75 Å². The van der Waals surface area contributed by atoms with E-state index in [1.807, 2.05) is 13.1 Å². The van der Waals surface area contributed by atoms with Crippen LogP contribution in [0.2, 0.25) is 0 Å². The summed E-state index contributed by atoms with van der Waals surface area (Å²) in [5, 5.41) is 4.05. The Hall–Kier alpha value is -1.88. The molecule has 1 aromatic carbocycles. The van der Waals surface area contributed by atoms with Gasteiger partial charge in [0, 0.05) is 13.2 Å². The van der Waals surface area contributed by atoms with Gasteiger partial charge in [0.05, 0.1) is 18.8 Å². The monoisotopic (exact) mass is 249 g/mol. The number of ether oxygens (including phenoxy) is 1. The first-order chi connectivity index (χ1) is 8.63. The molecule has 0 aliphatic carbocycles. The minimum atomic E-state index is -0.349. The Labute approximate surface area is 105 Å². The Bertz CT molecular complexity index is 539. The maximum Gasteiger partial charge on any atom is 0.168 e. The van der Waals surface area contributed by atoms with Crippen LogP contribution in [0.25, 0.3) is 0 Å². The van der Waals surface area contributed by atoms with Gasteiger partial charge in [0.2, 0.25) is 0 Å². The van der Waals surface area contributed by atoms with Gasteiger partial charge in [-0.05, 0) is 24.1 Å². The topological polar surface area (TPSA) is 53.1 Å². The lowest BCUT2D eigenvalue weighted by atomic mass is 10.0. The highest BCUT2D eigenvalue weighted by Gasteiger charge is 2.15. The fourth-order valence-corrected chi connectivity index (χ4v) is 1.96. The first kappa shape index (κ1) is 12.6. The highest BCUT2D eigenvalue weighted by Crippen LogP contribution is 2.23. The SMILES string of the molecule is COc1cccc(CC(N)c2ccnn2C)c1F. The van der Waals surface area contributed by atoms with E-state index >= 15 is 0 Å². The Kier molecular flexibility index (Phi) is 3.62. The number of nitrogens with two attached hydrogens (primary N) is 1. The van der Waals surface area contributed by atoms with E-state index in [0.717, 1.165) is 5.69 Å². The van der Waals surface area contributed by atoms with E-state index in [9.17, 15) is 4.39 Å². The zero-order chi connectivity index (χ0) is 13.1. The van der Waals surface area contributed by atoms with Crippen molar-refractivity contribution in [3.05, 3.63) is 47.5 Å². The predicted octanol–water partition coefficient (Wildman–Crippen LogP) is 1.81. The van der Waals surface area contributed by atoms with Gasteiger partial charge in [0.1, 0.15) is 0 Å². The fraction of sp³-hybridized carbons (Fsp3) is 0.308. The lowest BCUT2D eigenvalue weighted by molar-refractivity contribution is 0.383. The second-order valence-electron chi connectivity index (χ2n) is 4.12. The minimum Gasteiger partial charge on any atom is -0.494 e. The molecule has 1 heterocycles. The summed E-state index contributed by atoms with van der Waals surface area (Å²) >= 11 is 0. The Morgan fingerprint density at radius 3 is 2.83 bits per heavy atom. The van der Waals surface area contributed by atoms with E-state index in [-0.39, 0.29) is 17.6 Å². The summed E-state index contributed by atoms with van der Waals surface area (Å²) in [5.74, 6) is -0.109. The van der Waals surface area contributed by atoms with E-state index < -0.39 is 0 Å². The van der Waals surface area contributed by atoms with Crippen LogP contribution in [0, 0.1) is 5.82 Å². The molecule has 1 unspecified atom stereocenters. The van der Waals surface area contributed by atoms with Crippen molar-refractivity contribution in [1.29, 1.82) is 0 Å². The van der Waals surface area contributed by atoms with Gasteiger partial charge in [0.25, 0.3) is 0 Å². The molecule has 0 saturated carbocycles. The molecule has 1 atom stereocenters. The van der Waals surface area contributed by atoms with Gasteiger partial charge in [-0.2, -0.15) is 5.10 Å². The first-order valence-electron chi connectivity index (χ1n) is 5.68. The van der Waals surface area contributed by atoms with Crippen LogP contribution in [0.3, 0.4) is 0 Å². The summed E-state index contributed by atoms with van der Waals surface area (Å²) < 4.78 is 20.6. The number of aryl methyl sites for hydroxylation is 1. The van der Waals surface area contributed by atoms with Crippen LogP contribution in [0.15, 0.2) is 30.5 Å². The molecule has 0 amide bonds. The zero-order valence-electron chi connectivity index (χ0n) is 10.4. The van der Waals surface area contributed by atoms with Crippen molar-refractivity contribution < 1.29 is 9.13 Å².